The first-order valence-electron chi connectivity index (χ1n) is 11.3. The van der Waals surface area contributed by atoms with Crippen molar-refractivity contribution < 1.29 is 28.6 Å². The van der Waals surface area contributed by atoms with Gasteiger partial charge in [-0.15, -0.1) is 6.42 Å². The second kappa shape index (κ2) is 10.1. The number of aromatic nitrogens is 2. The van der Waals surface area contributed by atoms with Gasteiger partial charge in [0.25, 0.3) is 17.7 Å². The molecule has 186 valence electrons. The van der Waals surface area contributed by atoms with Crippen molar-refractivity contribution in [1.29, 1.82) is 0 Å². The van der Waals surface area contributed by atoms with Crippen LogP contribution in [0, 0.1) is 25.1 Å². The van der Waals surface area contributed by atoms with E-state index in [4.69, 9.17) is 22.0 Å². The van der Waals surface area contributed by atoms with Gasteiger partial charge in [0.15, 0.2) is 12.4 Å². The maximum atomic E-state index is 14.7. The van der Waals surface area contributed by atoms with Gasteiger partial charge in [-0.3, -0.25) is 19.3 Å². The van der Waals surface area contributed by atoms with E-state index < -0.39 is 17.6 Å². The van der Waals surface area contributed by atoms with Gasteiger partial charge < -0.3 is 15.6 Å². The first-order chi connectivity index (χ1) is 17.3. The number of carbonyl (C=O) groups is 3. The molecule has 0 unspecified atom stereocenters. The van der Waals surface area contributed by atoms with Crippen molar-refractivity contribution in [3.63, 3.8) is 0 Å². The van der Waals surface area contributed by atoms with Crippen LogP contribution in [0.5, 0.6) is 5.75 Å². The molecule has 1 aromatic heterocycles. The predicted octanol–water partition coefficient (Wildman–Crippen LogP) is 1.79. The first-order valence-corrected chi connectivity index (χ1v) is 11.3. The number of nitrogens with zero attached hydrogens (tertiary/aromatic N) is 4. The summed E-state index contributed by atoms with van der Waals surface area (Å²) >= 11 is 0. The van der Waals surface area contributed by atoms with Gasteiger partial charge in [0.1, 0.15) is 17.4 Å². The van der Waals surface area contributed by atoms with E-state index in [1.54, 1.807) is 6.92 Å². The second-order valence-corrected chi connectivity index (χ2v) is 8.34. The number of amides is 3. The highest BCUT2D eigenvalue weighted by atomic mass is 19.1. The molecular formula is C25H24FN5O5. The van der Waals surface area contributed by atoms with Crippen molar-refractivity contribution in [2.24, 2.45) is 0 Å². The molecular weight excluding hydrogens is 469 g/mol. The Morgan fingerprint density at radius 1 is 1.17 bits per heavy atom. The monoisotopic (exact) mass is 493 g/mol. The van der Waals surface area contributed by atoms with E-state index in [0.29, 0.717) is 41.2 Å². The minimum absolute atomic E-state index is 0.0170. The summed E-state index contributed by atoms with van der Waals surface area (Å²) in [6, 6.07) is 2.37. The number of nitrogen functional groups attached to an aromatic ring is 1. The van der Waals surface area contributed by atoms with E-state index in [0.717, 1.165) is 23.8 Å². The fourth-order valence-electron chi connectivity index (χ4n) is 4.24. The average Bonchev–Trinajstić information content (AvgIpc) is 3.11. The molecule has 2 aliphatic heterocycles. The van der Waals surface area contributed by atoms with Crippen LogP contribution in [0.15, 0.2) is 29.5 Å². The molecule has 0 atom stereocenters. The molecule has 3 N–H and O–H groups in total. The van der Waals surface area contributed by atoms with Crippen LogP contribution in [0.3, 0.4) is 0 Å². The average molecular weight is 493 g/mol. The van der Waals surface area contributed by atoms with Crippen molar-refractivity contribution in [1.82, 2.24) is 9.97 Å². The fourth-order valence-corrected chi connectivity index (χ4v) is 4.24. The summed E-state index contributed by atoms with van der Waals surface area (Å²) in [5, 5.41) is 8.65. The molecule has 2 aromatic rings. The Hall–Kier alpha value is -4.30. The Morgan fingerprint density at radius 2 is 1.83 bits per heavy atom. The number of hydrogen-bond acceptors (Lipinski definition) is 8. The number of fused-ring (bicyclic) bond motifs is 1. The summed E-state index contributed by atoms with van der Waals surface area (Å²) < 4.78 is 19.9. The largest absolute Gasteiger partial charge is 0.481 e. The van der Waals surface area contributed by atoms with Gasteiger partial charge in [-0.25, -0.2) is 19.3 Å². The molecule has 1 aromatic carbocycles. The van der Waals surface area contributed by atoms with Crippen LogP contribution < -0.4 is 20.3 Å². The molecule has 1 aliphatic carbocycles. The van der Waals surface area contributed by atoms with Crippen molar-refractivity contribution in [3.05, 3.63) is 46.7 Å². The number of ether oxygens (including phenoxy) is 1. The number of rotatable bonds is 3. The number of nitrogens with two attached hydrogens (primary N) is 1. The van der Waals surface area contributed by atoms with Crippen molar-refractivity contribution in [2.75, 3.05) is 28.7 Å². The molecule has 0 bridgehead atoms. The number of anilines is 3. The summed E-state index contributed by atoms with van der Waals surface area (Å²) in [6.07, 6.45) is 9.54. The smallest absolute Gasteiger partial charge is 0.265 e. The molecule has 3 aliphatic rings. The van der Waals surface area contributed by atoms with E-state index in [-0.39, 0.29) is 42.8 Å². The lowest BCUT2D eigenvalue weighted by molar-refractivity contribution is -0.121. The third kappa shape index (κ3) is 4.50. The number of imide groups is 1. The van der Waals surface area contributed by atoms with Crippen LogP contribution in [0.25, 0.3) is 0 Å². The Kier molecular flexibility index (Phi) is 6.98. The number of benzene rings is 1. The van der Waals surface area contributed by atoms with E-state index >= 15 is 0 Å². The molecule has 0 saturated heterocycles. The fraction of sp³-hybridized carbons (Fsp3) is 0.320. The van der Waals surface area contributed by atoms with Crippen molar-refractivity contribution >= 4 is 34.9 Å². The van der Waals surface area contributed by atoms with Crippen LogP contribution >= 0.6 is 0 Å². The zero-order valence-electron chi connectivity index (χ0n) is 19.6. The molecule has 3 heterocycles. The van der Waals surface area contributed by atoms with E-state index in [1.165, 1.54) is 17.2 Å². The second-order valence-electron chi connectivity index (χ2n) is 8.34. The minimum Gasteiger partial charge on any atom is -0.481 e. The minimum atomic E-state index is -0.764. The van der Waals surface area contributed by atoms with Crippen molar-refractivity contribution in [3.8, 4) is 18.1 Å². The van der Waals surface area contributed by atoms with Crippen LogP contribution in [-0.4, -0.2) is 45.9 Å². The molecule has 11 heteroatoms. The Balaban J connectivity index is 0.000000256. The van der Waals surface area contributed by atoms with Crippen LogP contribution in [0.1, 0.15) is 37.1 Å². The molecule has 10 nitrogen and oxygen atoms in total. The number of aliphatic hydroxyl groups is 1. The van der Waals surface area contributed by atoms with Gasteiger partial charge in [0.05, 0.1) is 24.5 Å². The van der Waals surface area contributed by atoms with Crippen LogP contribution in [-0.2, 0) is 21.0 Å². The Bertz CT molecular complexity index is 1300. The highest BCUT2D eigenvalue weighted by Gasteiger charge is 2.41. The lowest BCUT2D eigenvalue weighted by atomic mass is 9.93. The molecule has 0 radical (unpaired) electrons. The standard InChI is InChI=1S/C19H15FN2O4.C6H9N3O/c1-2-7-21-15-9-14(13(20)8-16(15)26-10-17(21)23)22-18(24)11-5-3-4-6-12(11)19(22)25;1-4-8-2-5(3-10)6(7)9-4/h1,8-9H,3-7,10H2;2,10H,3H2,1H3,(H2,7,8,9). The van der Waals surface area contributed by atoms with Gasteiger partial charge in [-0.05, 0) is 38.7 Å². The predicted molar refractivity (Wildman–Crippen MR) is 128 cm³/mol. The van der Waals surface area contributed by atoms with Gasteiger partial charge in [0.2, 0.25) is 0 Å². The van der Waals surface area contributed by atoms with Crippen LogP contribution in [0.2, 0.25) is 0 Å². The topological polar surface area (TPSA) is 139 Å². The van der Waals surface area contributed by atoms with Gasteiger partial charge in [0, 0.05) is 29.0 Å². The summed E-state index contributed by atoms with van der Waals surface area (Å²) in [6.45, 7) is 1.38. The highest BCUT2D eigenvalue weighted by molar-refractivity contribution is 6.33. The number of hydrogen-bond donors (Lipinski definition) is 2. The number of carbonyl (C=O) groups excluding carboxylic acids is 3. The summed E-state index contributed by atoms with van der Waals surface area (Å²) in [4.78, 5) is 47.3. The van der Waals surface area contributed by atoms with Gasteiger partial charge >= 0.3 is 0 Å². The summed E-state index contributed by atoms with van der Waals surface area (Å²) in [5.74, 6) is 1.38. The number of terminal acetylenes is 1. The summed E-state index contributed by atoms with van der Waals surface area (Å²) in [5.41, 5.74) is 6.99. The number of halogens is 1. The number of aliphatic hydroxyl groups excluding tert-OH is 1. The number of aryl methyl sites for hydroxylation is 1. The third-order valence-corrected chi connectivity index (χ3v) is 6.04. The SMILES string of the molecule is C#CCN1C(=O)COc2cc(F)c(N3C(=O)C4=C(CCCC4)C3=O)cc21.Cc1ncc(CO)c(N)n1. The van der Waals surface area contributed by atoms with Gasteiger partial charge in [-0.2, -0.15) is 0 Å². The Labute approximate surface area is 206 Å². The van der Waals surface area contributed by atoms with Crippen LogP contribution in [0.4, 0.5) is 21.6 Å². The normalized spacial score (nSPS) is 16.7. The quantitative estimate of drug-likeness (QED) is 0.487. The van der Waals surface area contributed by atoms with E-state index in [2.05, 4.69) is 15.9 Å². The zero-order valence-corrected chi connectivity index (χ0v) is 19.6. The third-order valence-electron chi connectivity index (χ3n) is 6.04. The molecule has 3 amide bonds. The van der Waals surface area contributed by atoms with Gasteiger partial charge in [-0.1, -0.05) is 5.92 Å². The lowest BCUT2D eigenvalue weighted by Crippen LogP contribution is -2.39. The van der Waals surface area contributed by atoms with Crippen molar-refractivity contribution in [2.45, 2.75) is 39.2 Å². The lowest BCUT2D eigenvalue weighted by Gasteiger charge is -2.29. The van der Waals surface area contributed by atoms with E-state index in [1.807, 2.05) is 0 Å². The first kappa shape index (κ1) is 24.8. The maximum absolute atomic E-state index is 14.7. The molecule has 5 rings (SSSR count). The maximum Gasteiger partial charge on any atom is 0.265 e. The molecule has 0 spiro atoms. The molecule has 36 heavy (non-hydrogen) atoms. The highest BCUT2D eigenvalue weighted by Crippen LogP contribution is 2.41. The molecule has 0 saturated carbocycles. The summed E-state index contributed by atoms with van der Waals surface area (Å²) in [7, 11) is 0. The Morgan fingerprint density at radius 3 is 2.42 bits per heavy atom. The molecule has 0 fully saturated rings. The van der Waals surface area contributed by atoms with E-state index in [9.17, 15) is 18.8 Å². The zero-order chi connectivity index (χ0) is 26.0.